The van der Waals surface area contributed by atoms with Crippen molar-refractivity contribution in [2.45, 2.75) is 6.42 Å². The Balaban J connectivity index is 2.82. The van der Waals surface area contributed by atoms with Gasteiger partial charge in [0.15, 0.2) is 11.1 Å². The minimum absolute atomic E-state index is 0.351. The lowest BCUT2D eigenvalue weighted by atomic mass is 10.6. The third-order valence-electron chi connectivity index (χ3n) is 0.477. The monoisotopic (exact) mass is 140 g/mol. The first-order chi connectivity index (χ1) is 3.27. The highest BCUT2D eigenvalue weighted by atomic mass is 32.2. The Morgan fingerprint density at radius 3 is 2.43 bits per heavy atom. The zero-order chi connectivity index (χ0) is 5.70. The normalized spacial score (nSPS) is 14.0. The van der Waals surface area contributed by atoms with E-state index in [4.69, 9.17) is 4.55 Å². The summed E-state index contributed by atoms with van der Waals surface area (Å²) in [6.07, 6.45) is 0.715. The Bertz CT molecular complexity index is 64.0. The van der Waals surface area contributed by atoms with Gasteiger partial charge in [0.25, 0.3) is 0 Å². The summed E-state index contributed by atoms with van der Waals surface area (Å²) < 4.78 is 18.0. The van der Waals surface area contributed by atoms with E-state index in [-0.39, 0.29) is 0 Å². The molecule has 0 bridgehead atoms. The molecule has 0 heterocycles. The largest absolute Gasteiger partial charge is 0.306 e. The van der Waals surface area contributed by atoms with Crippen LogP contribution in [0.25, 0.3) is 0 Å². The van der Waals surface area contributed by atoms with Gasteiger partial charge in [-0.2, -0.15) is 12.6 Å². The first-order valence-electron chi connectivity index (χ1n) is 1.95. The highest BCUT2D eigenvalue weighted by Gasteiger charge is 1.87. The van der Waals surface area contributed by atoms with Crippen LogP contribution in [0.5, 0.6) is 0 Å². The maximum atomic E-state index is 9.84. The van der Waals surface area contributed by atoms with Crippen LogP contribution in [0.4, 0.5) is 0 Å². The standard InChI is InChI=1S/C3H8O2S2/c4-7(5)3-1-2-6/h6H,1-3H2,(H,4,5). The van der Waals surface area contributed by atoms with E-state index in [0.29, 0.717) is 17.9 Å². The molecule has 0 aromatic heterocycles. The molecule has 4 heteroatoms. The summed E-state index contributed by atoms with van der Waals surface area (Å²) in [4.78, 5) is 0. The molecule has 1 unspecified atom stereocenters. The fourth-order valence-electron chi connectivity index (χ4n) is 0.188. The predicted octanol–water partition coefficient (Wildman–Crippen LogP) is 0.528. The molecule has 44 valence electrons. The van der Waals surface area contributed by atoms with Crippen LogP contribution < -0.4 is 0 Å². The van der Waals surface area contributed by atoms with Gasteiger partial charge < -0.3 is 4.55 Å². The Kier molecular flexibility index (Phi) is 4.92. The smallest absolute Gasteiger partial charge is 0.152 e. The fraction of sp³-hybridized carbons (Fsp3) is 1.00. The van der Waals surface area contributed by atoms with Crippen molar-refractivity contribution in [2.24, 2.45) is 0 Å². The number of hydrogen-bond donors (Lipinski definition) is 2. The van der Waals surface area contributed by atoms with Crippen molar-refractivity contribution in [1.82, 2.24) is 0 Å². The molecule has 2 nitrogen and oxygen atoms in total. The molecule has 0 radical (unpaired) electrons. The minimum Gasteiger partial charge on any atom is -0.306 e. The summed E-state index contributed by atoms with van der Waals surface area (Å²) in [6, 6.07) is 0. The highest BCUT2D eigenvalue weighted by Crippen LogP contribution is 1.84. The van der Waals surface area contributed by atoms with E-state index in [2.05, 4.69) is 12.6 Å². The van der Waals surface area contributed by atoms with Crippen molar-refractivity contribution < 1.29 is 8.76 Å². The van der Waals surface area contributed by atoms with E-state index < -0.39 is 11.1 Å². The molecule has 1 N–H and O–H groups in total. The van der Waals surface area contributed by atoms with Crippen LogP contribution in [0.1, 0.15) is 6.42 Å². The van der Waals surface area contributed by atoms with Crippen molar-refractivity contribution in [2.75, 3.05) is 11.5 Å². The average Bonchev–Trinajstić information content (AvgIpc) is 1.61. The van der Waals surface area contributed by atoms with Crippen molar-refractivity contribution in [3.8, 4) is 0 Å². The Hall–Kier alpha value is 0.460. The predicted molar refractivity (Wildman–Crippen MR) is 34.1 cm³/mol. The summed E-state index contributed by atoms with van der Waals surface area (Å²) in [6.45, 7) is 0. The third-order valence-corrected chi connectivity index (χ3v) is 1.43. The van der Waals surface area contributed by atoms with Crippen LogP contribution in [0.15, 0.2) is 0 Å². The van der Waals surface area contributed by atoms with Crippen LogP contribution in [-0.2, 0) is 11.1 Å². The van der Waals surface area contributed by atoms with Gasteiger partial charge in [0.05, 0.1) is 5.75 Å². The van der Waals surface area contributed by atoms with Gasteiger partial charge in [0.1, 0.15) is 0 Å². The van der Waals surface area contributed by atoms with E-state index in [0.717, 1.165) is 0 Å². The van der Waals surface area contributed by atoms with Gasteiger partial charge in [-0.15, -0.1) is 0 Å². The van der Waals surface area contributed by atoms with Gasteiger partial charge in [0, 0.05) is 0 Å². The Labute approximate surface area is 51.0 Å². The molecule has 0 spiro atoms. The van der Waals surface area contributed by atoms with Crippen molar-refractivity contribution in [3.63, 3.8) is 0 Å². The van der Waals surface area contributed by atoms with E-state index in [1.165, 1.54) is 0 Å². The maximum absolute atomic E-state index is 9.84. The first kappa shape index (κ1) is 7.46. The van der Waals surface area contributed by atoms with Gasteiger partial charge in [-0.3, -0.25) is 0 Å². The summed E-state index contributed by atoms with van der Waals surface area (Å²) in [5, 5.41) is 0. The minimum atomic E-state index is -1.61. The lowest BCUT2D eigenvalue weighted by Crippen LogP contribution is -1.94. The van der Waals surface area contributed by atoms with E-state index in [1.807, 2.05) is 0 Å². The summed E-state index contributed by atoms with van der Waals surface area (Å²) in [5.41, 5.74) is 0. The average molecular weight is 140 g/mol. The van der Waals surface area contributed by atoms with Crippen LogP contribution in [0, 0.1) is 0 Å². The van der Waals surface area contributed by atoms with E-state index in [1.54, 1.807) is 0 Å². The SMILES string of the molecule is O=S(O)CCCS. The van der Waals surface area contributed by atoms with Gasteiger partial charge in [-0.25, -0.2) is 4.21 Å². The topological polar surface area (TPSA) is 37.3 Å². The van der Waals surface area contributed by atoms with Gasteiger partial charge in [-0.1, -0.05) is 0 Å². The first-order valence-corrected chi connectivity index (χ1v) is 3.86. The van der Waals surface area contributed by atoms with Gasteiger partial charge in [0.2, 0.25) is 0 Å². The lowest BCUT2D eigenvalue weighted by Gasteiger charge is -1.86. The molecule has 0 amide bonds. The zero-order valence-corrected chi connectivity index (χ0v) is 5.54. The maximum Gasteiger partial charge on any atom is 0.152 e. The van der Waals surface area contributed by atoms with Crippen LogP contribution in [-0.4, -0.2) is 20.3 Å². The molecule has 0 rings (SSSR count). The quantitative estimate of drug-likeness (QED) is 0.443. The number of rotatable bonds is 3. The van der Waals surface area contributed by atoms with E-state index >= 15 is 0 Å². The van der Waals surface area contributed by atoms with Gasteiger partial charge in [-0.05, 0) is 12.2 Å². The zero-order valence-electron chi connectivity index (χ0n) is 3.83. The molecular formula is C3H8O2S2. The molecule has 1 atom stereocenters. The fourth-order valence-corrected chi connectivity index (χ4v) is 0.951. The van der Waals surface area contributed by atoms with Crippen LogP contribution in [0.3, 0.4) is 0 Å². The molecule has 0 aromatic carbocycles. The van der Waals surface area contributed by atoms with Crippen molar-refractivity contribution in [1.29, 1.82) is 0 Å². The summed E-state index contributed by atoms with van der Waals surface area (Å²) >= 11 is 2.24. The molecule has 0 fully saturated rings. The summed E-state index contributed by atoms with van der Waals surface area (Å²) in [7, 11) is 0. The van der Waals surface area contributed by atoms with Crippen LogP contribution in [0.2, 0.25) is 0 Å². The van der Waals surface area contributed by atoms with Crippen molar-refractivity contribution >= 4 is 23.7 Å². The van der Waals surface area contributed by atoms with Crippen molar-refractivity contribution in [3.05, 3.63) is 0 Å². The summed E-state index contributed by atoms with van der Waals surface area (Å²) in [5.74, 6) is 1.04. The third kappa shape index (κ3) is 6.46. The second kappa shape index (κ2) is 4.61. The van der Waals surface area contributed by atoms with Crippen LogP contribution >= 0.6 is 12.6 Å². The molecule has 0 saturated carbocycles. The lowest BCUT2D eigenvalue weighted by molar-refractivity contribution is 0.563. The molecule has 0 saturated heterocycles. The Morgan fingerprint density at radius 1 is 1.71 bits per heavy atom. The second-order valence-electron chi connectivity index (χ2n) is 1.10. The molecule has 0 aliphatic heterocycles. The molecule has 0 aliphatic rings. The van der Waals surface area contributed by atoms with E-state index in [9.17, 15) is 4.21 Å². The second-order valence-corrected chi connectivity index (χ2v) is 2.60. The molecule has 0 aliphatic carbocycles. The molecule has 0 aromatic rings. The number of hydrogen-bond acceptors (Lipinski definition) is 2. The molecular weight excluding hydrogens is 132 g/mol. The van der Waals surface area contributed by atoms with Gasteiger partial charge >= 0.3 is 0 Å². The Morgan fingerprint density at radius 2 is 2.29 bits per heavy atom. The number of thiol groups is 1. The molecule has 7 heavy (non-hydrogen) atoms. The highest BCUT2D eigenvalue weighted by molar-refractivity contribution is 7.80.